The van der Waals surface area contributed by atoms with Crippen molar-refractivity contribution in [1.82, 2.24) is 0 Å². The SMILES string of the molecule is OCC(F)(F)c1ccccc1C1CC1. The molecular weight excluding hydrogens is 186 g/mol. The number of alkyl halides is 2. The molecule has 0 atom stereocenters. The van der Waals surface area contributed by atoms with E-state index >= 15 is 0 Å². The quantitative estimate of drug-likeness (QED) is 0.791. The van der Waals surface area contributed by atoms with Gasteiger partial charge in [-0.1, -0.05) is 24.3 Å². The number of hydrogen-bond acceptors (Lipinski definition) is 1. The maximum atomic E-state index is 13.3. The van der Waals surface area contributed by atoms with Crippen LogP contribution >= 0.6 is 0 Å². The van der Waals surface area contributed by atoms with Crippen LogP contribution in [0.4, 0.5) is 8.78 Å². The second-order valence-electron chi connectivity index (χ2n) is 3.72. The predicted octanol–water partition coefficient (Wildman–Crippen LogP) is 2.65. The van der Waals surface area contributed by atoms with Crippen molar-refractivity contribution in [1.29, 1.82) is 0 Å². The van der Waals surface area contributed by atoms with E-state index in [9.17, 15) is 8.78 Å². The minimum Gasteiger partial charge on any atom is -0.390 e. The minimum atomic E-state index is -3.10. The molecule has 1 aromatic rings. The molecule has 0 amide bonds. The average molecular weight is 198 g/mol. The summed E-state index contributed by atoms with van der Waals surface area (Å²) in [5, 5.41) is 8.62. The van der Waals surface area contributed by atoms with E-state index in [1.165, 1.54) is 6.07 Å². The summed E-state index contributed by atoms with van der Waals surface area (Å²) >= 11 is 0. The van der Waals surface area contributed by atoms with Crippen LogP contribution in [0.2, 0.25) is 0 Å². The number of halogens is 2. The number of hydrogen-bond donors (Lipinski definition) is 1. The molecule has 14 heavy (non-hydrogen) atoms. The lowest BCUT2D eigenvalue weighted by molar-refractivity contribution is -0.0563. The van der Waals surface area contributed by atoms with Gasteiger partial charge in [0.25, 0.3) is 5.92 Å². The molecule has 0 saturated heterocycles. The van der Waals surface area contributed by atoms with Gasteiger partial charge in [0.15, 0.2) is 0 Å². The molecule has 1 aliphatic rings. The largest absolute Gasteiger partial charge is 0.390 e. The van der Waals surface area contributed by atoms with E-state index in [0.717, 1.165) is 12.8 Å². The molecule has 3 heteroatoms. The normalized spacial score (nSPS) is 17.1. The highest BCUT2D eigenvalue weighted by atomic mass is 19.3. The van der Waals surface area contributed by atoms with Gasteiger partial charge >= 0.3 is 0 Å². The van der Waals surface area contributed by atoms with E-state index in [4.69, 9.17) is 5.11 Å². The van der Waals surface area contributed by atoms with Crippen LogP contribution in [0.15, 0.2) is 24.3 Å². The van der Waals surface area contributed by atoms with E-state index in [1.54, 1.807) is 18.2 Å². The number of rotatable bonds is 3. The number of aliphatic hydroxyl groups excluding tert-OH is 1. The Kier molecular flexibility index (Phi) is 2.27. The molecule has 0 radical (unpaired) electrons. The molecular formula is C11H12F2O. The van der Waals surface area contributed by atoms with Crippen molar-refractivity contribution in [2.24, 2.45) is 0 Å². The first-order valence-corrected chi connectivity index (χ1v) is 4.73. The first-order valence-electron chi connectivity index (χ1n) is 4.73. The fourth-order valence-electron chi connectivity index (χ4n) is 1.67. The second kappa shape index (κ2) is 3.31. The Bertz CT molecular complexity index is 332. The topological polar surface area (TPSA) is 20.2 Å². The summed E-state index contributed by atoms with van der Waals surface area (Å²) in [5.41, 5.74) is 0.691. The zero-order valence-electron chi connectivity index (χ0n) is 7.71. The Morgan fingerprint density at radius 1 is 1.29 bits per heavy atom. The van der Waals surface area contributed by atoms with Gasteiger partial charge in [-0.2, -0.15) is 8.78 Å². The second-order valence-corrected chi connectivity index (χ2v) is 3.72. The van der Waals surface area contributed by atoms with Gasteiger partial charge < -0.3 is 5.11 Å². The third-order valence-corrected chi connectivity index (χ3v) is 2.57. The van der Waals surface area contributed by atoms with Crippen molar-refractivity contribution in [3.05, 3.63) is 35.4 Å². The molecule has 0 aromatic heterocycles. The van der Waals surface area contributed by atoms with E-state index in [-0.39, 0.29) is 11.5 Å². The summed E-state index contributed by atoms with van der Waals surface area (Å²) in [5.74, 6) is -2.82. The molecule has 0 spiro atoms. The molecule has 1 nitrogen and oxygen atoms in total. The summed E-state index contributed by atoms with van der Waals surface area (Å²) < 4.78 is 26.6. The van der Waals surface area contributed by atoms with Gasteiger partial charge in [0.05, 0.1) is 0 Å². The summed E-state index contributed by atoms with van der Waals surface area (Å²) in [4.78, 5) is 0. The lowest BCUT2D eigenvalue weighted by atomic mass is 9.98. The van der Waals surface area contributed by atoms with Crippen molar-refractivity contribution in [3.63, 3.8) is 0 Å². The third-order valence-electron chi connectivity index (χ3n) is 2.57. The fraction of sp³-hybridized carbons (Fsp3) is 0.455. The zero-order chi connectivity index (χ0) is 10.2. The number of aliphatic hydroxyl groups is 1. The molecule has 0 heterocycles. The van der Waals surface area contributed by atoms with Gasteiger partial charge in [-0.3, -0.25) is 0 Å². The third kappa shape index (κ3) is 1.64. The van der Waals surface area contributed by atoms with Crippen LogP contribution in [0.3, 0.4) is 0 Å². The van der Waals surface area contributed by atoms with Gasteiger partial charge in [0.2, 0.25) is 0 Å². The molecule has 1 N–H and O–H groups in total. The van der Waals surface area contributed by atoms with Crippen molar-refractivity contribution in [2.75, 3.05) is 6.61 Å². The van der Waals surface area contributed by atoms with Crippen molar-refractivity contribution >= 4 is 0 Å². The van der Waals surface area contributed by atoms with E-state index in [1.807, 2.05) is 0 Å². The standard InChI is InChI=1S/C11H12F2O/c12-11(13,7-14)10-4-2-1-3-9(10)8-5-6-8/h1-4,8,14H,5-7H2. The van der Waals surface area contributed by atoms with Gasteiger partial charge in [-0.15, -0.1) is 0 Å². The lowest BCUT2D eigenvalue weighted by Crippen LogP contribution is -2.20. The molecule has 1 aliphatic carbocycles. The van der Waals surface area contributed by atoms with E-state index in [0.29, 0.717) is 5.56 Å². The Balaban J connectivity index is 2.40. The predicted molar refractivity (Wildman–Crippen MR) is 49.4 cm³/mol. The Morgan fingerprint density at radius 2 is 1.93 bits per heavy atom. The van der Waals surface area contributed by atoms with Crippen LogP contribution in [0.1, 0.15) is 29.9 Å². The van der Waals surface area contributed by atoms with Gasteiger partial charge in [0.1, 0.15) is 6.61 Å². The monoisotopic (exact) mass is 198 g/mol. The molecule has 2 rings (SSSR count). The van der Waals surface area contributed by atoms with Crippen LogP contribution in [-0.4, -0.2) is 11.7 Å². The zero-order valence-corrected chi connectivity index (χ0v) is 7.71. The molecule has 0 bridgehead atoms. The average Bonchev–Trinajstić information content (AvgIpc) is 3.01. The van der Waals surface area contributed by atoms with Crippen molar-refractivity contribution in [3.8, 4) is 0 Å². The van der Waals surface area contributed by atoms with Crippen LogP contribution in [0.25, 0.3) is 0 Å². The Morgan fingerprint density at radius 3 is 2.50 bits per heavy atom. The van der Waals surface area contributed by atoms with Crippen molar-refractivity contribution in [2.45, 2.75) is 24.7 Å². The van der Waals surface area contributed by atoms with E-state index in [2.05, 4.69) is 0 Å². The molecule has 1 saturated carbocycles. The fourth-order valence-corrected chi connectivity index (χ4v) is 1.67. The van der Waals surface area contributed by atoms with E-state index < -0.39 is 12.5 Å². The summed E-state index contributed by atoms with van der Waals surface area (Å²) in [7, 11) is 0. The summed E-state index contributed by atoms with van der Waals surface area (Å²) in [6, 6.07) is 6.50. The lowest BCUT2D eigenvalue weighted by Gasteiger charge is -2.17. The summed E-state index contributed by atoms with van der Waals surface area (Å²) in [6.45, 7) is -1.11. The summed E-state index contributed by atoms with van der Waals surface area (Å²) in [6.07, 6.45) is 1.97. The molecule has 0 unspecified atom stereocenters. The van der Waals surface area contributed by atoms with Crippen molar-refractivity contribution < 1.29 is 13.9 Å². The number of benzene rings is 1. The maximum Gasteiger partial charge on any atom is 0.296 e. The highest BCUT2D eigenvalue weighted by molar-refractivity contribution is 5.36. The molecule has 0 aliphatic heterocycles. The highest BCUT2D eigenvalue weighted by Crippen LogP contribution is 2.45. The smallest absolute Gasteiger partial charge is 0.296 e. The van der Waals surface area contributed by atoms with Crippen LogP contribution in [-0.2, 0) is 5.92 Å². The van der Waals surface area contributed by atoms with Crippen LogP contribution < -0.4 is 0 Å². The Labute approximate surface area is 81.4 Å². The molecule has 1 aromatic carbocycles. The first kappa shape index (κ1) is 9.59. The molecule has 1 fully saturated rings. The highest BCUT2D eigenvalue weighted by Gasteiger charge is 2.37. The maximum absolute atomic E-state index is 13.3. The Hall–Kier alpha value is -0.960. The van der Waals surface area contributed by atoms with Gasteiger partial charge in [-0.05, 0) is 24.3 Å². The molecule has 76 valence electrons. The van der Waals surface area contributed by atoms with Gasteiger partial charge in [-0.25, -0.2) is 0 Å². The van der Waals surface area contributed by atoms with Gasteiger partial charge in [0, 0.05) is 5.56 Å². The first-order chi connectivity index (χ1) is 6.65. The minimum absolute atomic E-state index is 0.00926. The van der Waals surface area contributed by atoms with Crippen LogP contribution in [0.5, 0.6) is 0 Å². The van der Waals surface area contributed by atoms with Crippen LogP contribution in [0, 0.1) is 0 Å².